The fraction of sp³-hybridized carbons (Fsp3) is 0.455. The Morgan fingerprint density at radius 2 is 2.00 bits per heavy atom. The van der Waals surface area contributed by atoms with E-state index in [4.69, 9.17) is 0 Å². The molecule has 1 fully saturated rings. The van der Waals surface area contributed by atoms with Crippen LogP contribution in [0, 0.1) is 5.92 Å². The SMILES string of the molecule is CC(O)[C@@H]1C[C@@]1(O)c1ccccc1. The lowest BCUT2D eigenvalue weighted by molar-refractivity contribution is 0.0784. The predicted octanol–water partition coefficient (Wildman–Crippen LogP) is 1.27. The second-order valence-corrected chi connectivity index (χ2v) is 3.84. The van der Waals surface area contributed by atoms with E-state index < -0.39 is 11.7 Å². The molecule has 2 N–H and O–H groups in total. The molecule has 1 aliphatic rings. The van der Waals surface area contributed by atoms with E-state index in [2.05, 4.69) is 0 Å². The molecular formula is C11H14O2. The van der Waals surface area contributed by atoms with Gasteiger partial charge in [0.15, 0.2) is 0 Å². The molecule has 0 heterocycles. The van der Waals surface area contributed by atoms with Gasteiger partial charge in [-0.25, -0.2) is 0 Å². The van der Waals surface area contributed by atoms with Crippen LogP contribution >= 0.6 is 0 Å². The van der Waals surface area contributed by atoms with Gasteiger partial charge in [0, 0.05) is 5.92 Å². The van der Waals surface area contributed by atoms with Crippen molar-refractivity contribution in [3.63, 3.8) is 0 Å². The monoisotopic (exact) mass is 178 g/mol. The molecular weight excluding hydrogens is 164 g/mol. The largest absolute Gasteiger partial charge is 0.393 e. The Morgan fingerprint density at radius 3 is 2.46 bits per heavy atom. The van der Waals surface area contributed by atoms with Crippen LogP contribution in [0.4, 0.5) is 0 Å². The van der Waals surface area contributed by atoms with Crippen LogP contribution in [0.2, 0.25) is 0 Å². The number of hydrogen-bond donors (Lipinski definition) is 2. The summed E-state index contributed by atoms with van der Waals surface area (Å²) in [7, 11) is 0. The molecule has 3 atom stereocenters. The molecule has 0 saturated heterocycles. The first-order valence-corrected chi connectivity index (χ1v) is 4.60. The zero-order valence-electron chi connectivity index (χ0n) is 7.64. The number of rotatable bonds is 2. The van der Waals surface area contributed by atoms with Crippen molar-refractivity contribution in [1.29, 1.82) is 0 Å². The summed E-state index contributed by atoms with van der Waals surface area (Å²) in [5.41, 5.74) is 0.149. The molecule has 0 amide bonds. The van der Waals surface area contributed by atoms with Crippen LogP contribution in [-0.4, -0.2) is 16.3 Å². The minimum absolute atomic E-state index is 0.00917. The van der Waals surface area contributed by atoms with Gasteiger partial charge in [-0.05, 0) is 18.9 Å². The maximum Gasteiger partial charge on any atom is 0.0955 e. The highest BCUT2D eigenvalue weighted by molar-refractivity contribution is 5.30. The number of benzene rings is 1. The Kier molecular flexibility index (Phi) is 1.90. The normalized spacial score (nSPS) is 34.2. The zero-order valence-corrected chi connectivity index (χ0v) is 7.64. The van der Waals surface area contributed by atoms with Gasteiger partial charge in [0.05, 0.1) is 11.7 Å². The Balaban J connectivity index is 2.21. The van der Waals surface area contributed by atoms with Gasteiger partial charge in [-0.15, -0.1) is 0 Å². The van der Waals surface area contributed by atoms with Crippen molar-refractivity contribution >= 4 is 0 Å². The molecule has 1 aromatic carbocycles. The van der Waals surface area contributed by atoms with Crippen LogP contribution < -0.4 is 0 Å². The van der Waals surface area contributed by atoms with E-state index >= 15 is 0 Å². The van der Waals surface area contributed by atoms with Crippen molar-refractivity contribution in [3.8, 4) is 0 Å². The van der Waals surface area contributed by atoms with E-state index in [0.29, 0.717) is 6.42 Å². The summed E-state index contributed by atoms with van der Waals surface area (Å²) >= 11 is 0. The van der Waals surface area contributed by atoms with Gasteiger partial charge in [0.25, 0.3) is 0 Å². The summed E-state index contributed by atoms with van der Waals surface area (Å²) in [6.07, 6.45) is 0.250. The maximum atomic E-state index is 10.1. The third kappa shape index (κ3) is 1.36. The Hall–Kier alpha value is -0.860. The van der Waals surface area contributed by atoms with Crippen LogP contribution in [0.5, 0.6) is 0 Å². The van der Waals surface area contributed by atoms with E-state index in [1.165, 1.54) is 0 Å². The summed E-state index contributed by atoms with van der Waals surface area (Å²) in [4.78, 5) is 0. The van der Waals surface area contributed by atoms with Crippen LogP contribution in [0.1, 0.15) is 18.9 Å². The number of hydrogen-bond acceptors (Lipinski definition) is 2. The van der Waals surface area contributed by atoms with Crippen molar-refractivity contribution in [3.05, 3.63) is 35.9 Å². The predicted molar refractivity (Wildman–Crippen MR) is 50.1 cm³/mol. The lowest BCUT2D eigenvalue weighted by atomic mass is 10.0. The first kappa shape index (κ1) is 8.73. The van der Waals surface area contributed by atoms with Crippen molar-refractivity contribution < 1.29 is 10.2 Å². The molecule has 1 aliphatic carbocycles. The van der Waals surface area contributed by atoms with Gasteiger partial charge in [-0.1, -0.05) is 30.3 Å². The van der Waals surface area contributed by atoms with E-state index in [1.807, 2.05) is 30.3 Å². The lowest BCUT2D eigenvalue weighted by Crippen LogP contribution is -2.15. The van der Waals surface area contributed by atoms with E-state index in [1.54, 1.807) is 6.92 Å². The number of aliphatic hydroxyl groups excluding tert-OH is 1. The average molecular weight is 178 g/mol. The topological polar surface area (TPSA) is 40.5 Å². The quantitative estimate of drug-likeness (QED) is 0.716. The van der Waals surface area contributed by atoms with Crippen molar-refractivity contribution in [1.82, 2.24) is 0 Å². The standard InChI is InChI=1S/C11H14O2/c1-8(12)10-7-11(10,13)9-5-3-2-4-6-9/h2-6,8,10,12-13H,7H2,1H3/t8?,10-,11+/m0/s1. The van der Waals surface area contributed by atoms with Gasteiger partial charge < -0.3 is 10.2 Å². The molecule has 0 bridgehead atoms. The Labute approximate surface area is 77.8 Å². The average Bonchev–Trinajstić information content (AvgIpc) is 2.82. The molecule has 70 valence electrons. The highest BCUT2D eigenvalue weighted by Gasteiger charge is 2.56. The van der Waals surface area contributed by atoms with Crippen LogP contribution in [0.15, 0.2) is 30.3 Å². The molecule has 2 nitrogen and oxygen atoms in total. The van der Waals surface area contributed by atoms with Crippen molar-refractivity contribution in [2.24, 2.45) is 5.92 Å². The van der Waals surface area contributed by atoms with Gasteiger partial charge in [0.2, 0.25) is 0 Å². The molecule has 2 rings (SSSR count). The van der Waals surface area contributed by atoms with Gasteiger partial charge in [0.1, 0.15) is 0 Å². The Bertz CT molecular complexity index is 294. The van der Waals surface area contributed by atoms with Crippen molar-refractivity contribution in [2.75, 3.05) is 0 Å². The van der Waals surface area contributed by atoms with Crippen molar-refractivity contribution in [2.45, 2.75) is 25.0 Å². The zero-order chi connectivity index (χ0) is 9.47. The van der Waals surface area contributed by atoms with Gasteiger partial charge in [-0.3, -0.25) is 0 Å². The van der Waals surface area contributed by atoms with Crippen LogP contribution in [0.25, 0.3) is 0 Å². The molecule has 1 unspecified atom stereocenters. The lowest BCUT2D eigenvalue weighted by Gasteiger charge is -2.11. The fourth-order valence-corrected chi connectivity index (χ4v) is 1.90. The van der Waals surface area contributed by atoms with E-state index in [-0.39, 0.29) is 5.92 Å². The molecule has 2 heteroatoms. The molecule has 1 saturated carbocycles. The number of aliphatic hydroxyl groups is 2. The minimum Gasteiger partial charge on any atom is -0.393 e. The van der Waals surface area contributed by atoms with E-state index in [0.717, 1.165) is 5.56 Å². The third-order valence-corrected chi connectivity index (χ3v) is 2.84. The summed E-state index contributed by atoms with van der Waals surface area (Å²) < 4.78 is 0. The molecule has 1 aromatic rings. The molecule has 13 heavy (non-hydrogen) atoms. The molecule has 0 radical (unpaired) electrons. The van der Waals surface area contributed by atoms with E-state index in [9.17, 15) is 10.2 Å². The smallest absolute Gasteiger partial charge is 0.0955 e. The summed E-state index contributed by atoms with van der Waals surface area (Å²) in [6.45, 7) is 1.73. The summed E-state index contributed by atoms with van der Waals surface area (Å²) in [5, 5.41) is 19.4. The highest BCUT2D eigenvalue weighted by Crippen LogP contribution is 2.53. The van der Waals surface area contributed by atoms with Crippen LogP contribution in [-0.2, 0) is 5.60 Å². The molecule has 0 aliphatic heterocycles. The third-order valence-electron chi connectivity index (χ3n) is 2.84. The Morgan fingerprint density at radius 1 is 1.38 bits per heavy atom. The van der Waals surface area contributed by atoms with Gasteiger partial charge >= 0.3 is 0 Å². The minimum atomic E-state index is -0.768. The first-order valence-electron chi connectivity index (χ1n) is 4.60. The maximum absolute atomic E-state index is 10.1. The second kappa shape index (κ2) is 2.82. The van der Waals surface area contributed by atoms with Gasteiger partial charge in [-0.2, -0.15) is 0 Å². The first-order chi connectivity index (χ1) is 6.14. The highest BCUT2D eigenvalue weighted by atomic mass is 16.3. The fourth-order valence-electron chi connectivity index (χ4n) is 1.90. The summed E-state index contributed by atoms with van der Waals surface area (Å²) in [5.74, 6) is 0.00917. The molecule has 0 spiro atoms. The second-order valence-electron chi connectivity index (χ2n) is 3.84. The summed E-state index contributed by atoms with van der Waals surface area (Å²) in [6, 6.07) is 9.55. The van der Waals surface area contributed by atoms with Crippen LogP contribution in [0.3, 0.4) is 0 Å². The molecule has 0 aromatic heterocycles.